The van der Waals surface area contributed by atoms with Crippen molar-refractivity contribution in [2.75, 3.05) is 44.0 Å². The van der Waals surface area contributed by atoms with Gasteiger partial charge in [-0.1, -0.05) is 13.0 Å². The summed E-state index contributed by atoms with van der Waals surface area (Å²) in [6, 6.07) is 13.7. The maximum Gasteiger partial charge on any atom is 0.221 e. The zero-order valence-corrected chi connectivity index (χ0v) is 20.4. The van der Waals surface area contributed by atoms with Crippen LogP contribution in [0, 0.1) is 6.92 Å². The number of carbonyl (C=O) groups excluding carboxylic acids is 1. The molecule has 1 amide bonds. The van der Waals surface area contributed by atoms with Gasteiger partial charge < -0.3 is 25.4 Å². The Hall–Kier alpha value is -3.85. The molecule has 0 saturated carbocycles. The number of nitrogens with one attached hydrogen (secondary N) is 3. The highest BCUT2D eigenvalue weighted by molar-refractivity contribution is 5.76. The summed E-state index contributed by atoms with van der Waals surface area (Å²) in [5.74, 6) is 2.53. The summed E-state index contributed by atoms with van der Waals surface area (Å²) in [7, 11) is 1.60. The van der Waals surface area contributed by atoms with Crippen molar-refractivity contribution >= 4 is 28.9 Å². The van der Waals surface area contributed by atoms with E-state index in [1.807, 2.05) is 30.3 Å². The van der Waals surface area contributed by atoms with Crippen LogP contribution in [0.4, 0.5) is 23.0 Å². The van der Waals surface area contributed by atoms with Crippen molar-refractivity contribution in [1.82, 2.24) is 20.2 Å². The number of ether oxygens (including phenoxy) is 2. The van der Waals surface area contributed by atoms with E-state index >= 15 is 0 Å². The van der Waals surface area contributed by atoms with Crippen LogP contribution < -0.4 is 25.4 Å². The number of aryl methyl sites for hydroxylation is 1. The number of aromatic nitrogens is 2. The standard InChI is InChI=1S/C26H32N6O3/c1-4-32-11-9-26(33)27-10-12-35-23-14-21(7-8-22(23)34-3)31-25-15-24(28-17-29-25)30-20-6-5-18(2)19(13-20)16-32/h5-8,13-15,17H,4,9-12,16H2,1-3H3,(H,27,33)(H2,28,29,30,31). The van der Waals surface area contributed by atoms with Crippen LogP contribution in [0.1, 0.15) is 24.5 Å². The van der Waals surface area contributed by atoms with Crippen molar-refractivity contribution < 1.29 is 14.3 Å². The Morgan fingerprint density at radius 1 is 1.06 bits per heavy atom. The zero-order valence-electron chi connectivity index (χ0n) is 20.4. The lowest BCUT2D eigenvalue weighted by molar-refractivity contribution is -0.121. The minimum absolute atomic E-state index is 0.00612. The Labute approximate surface area is 205 Å². The predicted molar refractivity (Wildman–Crippen MR) is 137 cm³/mol. The summed E-state index contributed by atoms with van der Waals surface area (Å²) in [6.07, 6.45) is 1.95. The van der Waals surface area contributed by atoms with E-state index in [2.05, 4.69) is 56.8 Å². The summed E-state index contributed by atoms with van der Waals surface area (Å²) in [5, 5.41) is 9.61. The monoisotopic (exact) mass is 476 g/mol. The van der Waals surface area contributed by atoms with Gasteiger partial charge in [0.25, 0.3) is 0 Å². The van der Waals surface area contributed by atoms with E-state index in [0.29, 0.717) is 49.3 Å². The second-order valence-electron chi connectivity index (χ2n) is 8.36. The molecule has 0 radical (unpaired) electrons. The molecule has 1 aliphatic heterocycles. The molecule has 6 bridgehead atoms. The van der Waals surface area contributed by atoms with E-state index in [9.17, 15) is 4.79 Å². The molecule has 2 heterocycles. The summed E-state index contributed by atoms with van der Waals surface area (Å²) >= 11 is 0. The fourth-order valence-electron chi connectivity index (χ4n) is 3.87. The van der Waals surface area contributed by atoms with Crippen molar-refractivity contribution in [1.29, 1.82) is 0 Å². The Bertz CT molecular complexity index is 1170. The van der Waals surface area contributed by atoms with Gasteiger partial charge in [-0.2, -0.15) is 0 Å². The van der Waals surface area contributed by atoms with E-state index in [0.717, 1.165) is 24.5 Å². The van der Waals surface area contributed by atoms with Crippen molar-refractivity contribution in [3.63, 3.8) is 0 Å². The van der Waals surface area contributed by atoms with Crippen LogP contribution in [0.5, 0.6) is 11.5 Å². The van der Waals surface area contributed by atoms with Gasteiger partial charge in [-0.25, -0.2) is 9.97 Å². The van der Waals surface area contributed by atoms with Crippen molar-refractivity contribution in [3.05, 3.63) is 59.9 Å². The molecule has 1 aromatic heterocycles. The van der Waals surface area contributed by atoms with Gasteiger partial charge in [0, 0.05) is 43.0 Å². The maximum atomic E-state index is 12.4. The number of methoxy groups -OCH3 is 1. The van der Waals surface area contributed by atoms with Gasteiger partial charge in [-0.05, 0) is 48.9 Å². The highest BCUT2D eigenvalue weighted by Crippen LogP contribution is 2.31. The molecule has 3 aromatic rings. The number of rotatable bonds is 2. The summed E-state index contributed by atoms with van der Waals surface area (Å²) in [5.41, 5.74) is 4.15. The van der Waals surface area contributed by atoms with Gasteiger partial charge in [0.05, 0.1) is 13.7 Å². The molecule has 9 heteroatoms. The van der Waals surface area contributed by atoms with Crippen LogP contribution in [0.3, 0.4) is 0 Å². The lowest BCUT2D eigenvalue weighted by Crippen LogP contribution is -2.32. The first-order valence-corrected chi connectivity index (χ1v) is 11.8. The first kappa shape index (κ1) is 24.3. The Kier molecular flexibility index (Phi) is 7.99. The van der Waals surface area contributed by atoms with Crippen LogP contribution in [0.25, 0.3) is 0 Å². The van der Waals surface area contributed by atoms with E-state index in [1.165, 1.54) is 17.5 Å². The molecule has 0 aliphatic carbocycles. The van der Waals surface area contributed by atoms with Crippen LogP contribution in [0.2, 0.25) is 0 Å². The number of fused-ring (bicyclic) bond motifs is 6. The van der Waals surface area contributed by atoms with Crippen LogP contribution in [-0.2, 0) is 11.3 Å². The minimum atomic E-state index is 0.00612. The number of hydrogen-bond donors (Lipinski definition) is 3. The van der Waals surface area contributed by atoms with Gasteiger partial charge >= 0.3 is 0 Å². The SMILES string of the molecule is CCN1CCC(=O)NCCOc2cc(ccc2OC)Nc2cc(ncn2)Nc2ccc(C)c(c2)C1. The zero-order chi connectivity index (χ0) is 24.6. The molecular weight excluding hydrogens is 444 g/mol. The summed E-state index contributed by atoms with van der Waals surface area (Å²) in [6.45, 7) is 7.25. The molecule has 35 heavy (non-hydrogen) atoms. The van der Waals surface area contributed by atoms with Crippen molar-refractivity contribution in [3.8, 4) is 11.5 Å². The molecule has 184 valence electrons. The third kappa shape index (κ3) is 6.60. The average molecular weight is 477 g/mol. The molecule has 9 nitrogen and oxygen atoms in total. The minimum Gasteiger partial charge on any atom is -0.493 e. The second-order valence-corrected chi connectivity index (χ2v) is 8.36. The molecule has 1 aliphatic rings. The molecular formula is C26H32N6O3. The number of benzene rings is 2. The Morgan fingerprint density at radius 2 is 1.80 bits per heavy atom. The van der Waals surface area contributed by atoms with E-state index in [-0.39, 0.29) is 5.91 Å². The van der Waals surface area contributed by atoms with E-state index in [1.54, 1.807) is 7.11 Å². The fourth-order valence-corrected chi connectivity index (χ4v) is 3.87. The first-order chi connectivity index (χ1) is 17.0. The lowest BCUT2D eigenvalue weighted by Gasteiger charge is -2.22. The largest absolute Gasteiger partial charge is 0.493 e. The van der Waals surface area contributed by atoms with Crippen LogP contribution in [0.15, 0.2) is 48.8 Å². The topological polar surface area (TPSA) is 101 Å². The van der Waals surface area contributed by atoms with E-state index < -0.39 is 0 Å². The molecule has 4 rings (SSSR count). The third-order valence-corrected chi connectivity index (χ3v) is 5.90. The molecule has 0 atom stereocenters. The first-order valence-electron chi connectivity index (χ1n) is 11.8. The molecule has 0 unspecified atom stereocenters. The van der Waals surface area contributed by atoms with Gasteiger partial charge in [0.1, 0.15) is 24.6 Å². The predicted octanol–water partition coefficient (Wildman–Crippen LogP) is 4.00. The number of anilines is 4. The fraction of sp³-hybridized carbons (Fsp3) is 0.346. The number of amides is 1. The van der Waals surface area contributed by atoms with Crippen molar-refractivity contribution in [2.24, 2.45) is 0 Å². The van der Waals surface area contributed by atoms with E-state index in [4.69, 9.17) is 9.47 Å². The molecule has 2 aromatic carbocycles. The Balaban J connectivity index is 1.63. The van der Waals surface area contributed by atoms with Gasteiger partial charge in [-0.3, -0.25) is 9.69 Å². The molecule has 0 spiro atoms. The molecule has 0 fully saturated rings. The highest BCUT2D eigenvalue weighted by Gasteiger charge is 2.12. The normalized spacial score (nSPS) is 15.1. The average Bonchev–Trinajstić information content (AvgIpc) is 2.86. The number of hydrogen-bond acceptors (Lipinski definition) is 8. The summed E-state index contributed by atoms with van der Waals surface area (Å²) < 4.78 is 11.3. The quantitative estimate of drug-likeness (QED) is 0.510. The Morgan fingerprint density at radius 3 is 2.54 bits per heavy atom. The third-order valence-electron chi connectivity index (χ3n) is 5.90. The second kappa shape index (κ2) is 11.5. The molecule has 0 saturated heterocycles. The smallest absolute Gasteiger partial charge is 0.221 e. The number of carbonyl (C=O) groups is 1. The lowest BCUT2D eigenvalue weighted by atomic mass is 10.1. The van der Waals surface area contributed by atoms with Crippen LogP contribution >= 0.6 is 0 Å². The summed E-state index contributed by atoms with van der Waals surface area (Å²) in [4.78, 5) is 23.4. The van der Waals surface area contributed by atoms with Gasteiger partial charge in [-0.15, -0.1) is 0 Å². The number of nitrogens with zero attached hydrogens (tertiary/aromatic N) is 3. The van der Waals surface area contributed by atoms with Gasteiger partial charge in [0.15, 0.2) is 11.5 Å². The van der Waals surface area contributed by atoms with Crippen molar-refractivity contribution in [2.45, 2.75) is 26.8 Å². The highest BCUT2D eigenvalue weighted by atomic mass is 16.5. The maximum absolute atomic E-state index is 12.4. The van der Waals surface area contributed by atoms with Crippen LogP contribution in [-0.4, -0.2) is 54.1 Å². The molecule has 3 N–H and O–H groups in total. The van der Waals surface area contributed by atoms with Gasteiger partial charge in [0.2, 0.25) is 5.91 Å².